The van der Waals surface area contributed by atoms with E-state index in [1.54, 1.807) is 53.4 Å². The molecule has 5 rings (SSSR count). The maximum atomic E-state index is 15.7. The molecule has 2 N–H and O–H groups in total. The summed E-state index contributed by atoms with van der Waals surface area (Å²) in [5.74, 6) is -2.86. The lowest BCUT2D eigenvalue weighted by Gasteiger charge is -2.35. The lowest BCUT2D eigenvalue weighted by Crippen LogP contribution is -2.50. The normalized spacial score (nSPS) is 16.7. The van der Waals surface area contributed by atoms with E-state index in [0.29, 0.717) is 49.4 Å². The lowest BCUT2D eigenvalue weighted by molar-refractivity contribution is -0.141. The minimum absolute atomic E-state index is 0.00351. The highest BCUT2D eigenvalue weighted by atomic mass is 31.2. The first-order valence-corrected chi connectivity index (χ1v) is 19.6. The molecule has 2 fully saturated rings. The maximum Gasteiger partial charge on any atom is 0.410 e. The van der Waals surface area contributed by atoms with E-state index in [-0.39, 0.29) is 49.6 Å². The highest BCUT2D eigenvalue weighted by Crippen LogP contribution is 2.54. The molecule has 0 saturated carbocycles. The van der Waals surface area contributed by atoms with Crippen LogP contribution in [0.3, 0.4) is 0 Å². The molecule has 286 valence electrons. The van der Waals surface area contributed by atoms with E-state index in [0.717, 1.165) is 5.56 Å². The van der Waals surface area contributed by atoms with Crippen LogP contribution in [0.2, 0.25) is 0 Å². The molecule has 0 aromatic heterocycles. The predicted molar refractivity (Wildman–Crippen MR) is 199 cm³/mol. The zero-order valence-electron chi connectivity index (χ0n) is 30.4. The second-order valence-corrected chi connectivity index (χ2v) is 15.9. The van der Waals surface area contributed by atoms with Crippen LogP contribution < -0.4 is 21.2 Å². The largest absolute Gasteiger partial charge is 0.469 e. The van der Waals surface area contributed by atoms with Gasteiger partial charge in [0.25, 0.3) is 11.8 Å². The minimum atomic E-state index is -3.71. The van der Waals surface area contributed by atoms with E-state index in [4.69, 9.17) is 4.74 Å². The number of carbonyl (C=O) groups is 6. The van der Waals surface area contributed by atoms with Crippen molar-refractivity contribution >= 4 is 53.5 Å². The van der Waals surface area contributed by atoms with Crippen LogP contribution in [0.15, 0.2) is 78.9 Å². The number of esters is 2. The summed E-state index contributed by atoms with van der Waals surface area (Å²) in [5.41, 5.74) is 1.39. The van der Waals surface area contributed by atoms with Crippen molar-refractivity contribution in [2.75, 3.05) is 40.4 Å². The fourth-order valence-electron chi connectivity index (χ4n) is 6.75. The molecule has 1 unspecified atom stereocenters. The monoisotopic (exact) mass is 760 g/mol. The summed E-state index contributed by atoms with van der Waals surface area (Å²) in [5, 5.41) is 6.14. The van der Waals surface area contributed by atoms with Crippen LogP contribution in [0.25, 0.3) is 0 Å². The standard InChI is InChI=1S/C39H45N4O10P/c1-51-34(44)20-22-40-36(46)28-12-16-30(17-13-28)54(50,31-18-14-29(15-19-31)37(47)41-23-21-35(45)52-2)33-11-7-25-43(33)38(48)32-10-6-24-42(32)39(49)53-26-27-8-4-3-5-9-27/h3-5,8-9,12-19,32-33H,6-7,10-11,20-26H2,1-2H3,(H,40,46)(H,41,47)/t32-,33?/m0/s1. The third-order valence-corrected chi connectivity index (χ3v) is 13.1. The Morgan fingerprint density at radius 2 is 1.19 bits per heavy atom. The van der Waals surface area contributed by atoms with Gasteiger partial charge in [-0.25, -0.2) is 4.79 Å². The lowest BCUT2D eigenvalue weighted by atomic mass is 10.2. The maximum absolute atomic E-state index is 15.7. The average molecular weight is 761 g/mol. The fourth-order valence-corrected chi connectivity index (χ4v) is 10.1. The van der Waals surface area contributed by atoms with Crippen LogP contribution in [0.4, 0.5) is 4.79 Å². The van der Waals surface area contributed by atoms with Crippen LogP contribution >= 0.6 is 7.14 Å². The van der Waals surface area contributed by atoms with Gasteiger partial charge in [-0.2, -0.15) is 0 Å². The Kier molecular flexibility index (Phi) is 13.6. The number of hydrogen-bond acceptors (Lipinski definition) is 10. The molecule has 0 bridgehead atoms. The molecule has 15 heteroatoms. The first-order chi connectivity index (χ1) is 26.1. The molecule has 14 nitrogen and oxygen atoms in total. The molecule has 4 amide bonds. The summed E-state index contributed by atoms with van der Waals surface area (Å²) in [6, 6.07) is 21.1. The van der Waals surface area contributed by atoms with E-state index < -0.39 is 48.8 Å². The molecule has 54 heavy (non-hydrogen) atoms. The van der Waals surface area contributed by atoms with Gasteiger partial charge in [0.05, 0.1) is 32.8 Å². The van der Waals surface area contributed by atoms with Crippen LogP contribution in [-0.4, -0.2) is 97.8 Å². The third-order valence-electron chi connectivity index (χ3n) is 9.61. The molecule has 0 spiro atoms. The van der Waals surface area contributed by atoms with Crippen LogP contribution in [0, 0.1) is 0 Å². The quantitative estimate of drug-likeness (QED) is 0.141. The molecule has 0 aliphatic carbocycles. The number of likely N-dealkylation sites (tertiary alicyclic amines) is 2. The number of nitrogens with zero attached hydrogens (tertiary/aromatic N) is 2. The second-order valence-electron chi connectivity index (χ2n) is 13.0. The van der Waals surface area contributed by atoms with Crippen molar-refractivity contribution in [3.05, 3.63) is 95.6 Å². The highest BCUT2D eigenvalue weighted by molar-refractivity contribution is 7.79. The number of rotatable bonds is 14. The summed E-state index contributed by atoms with van der Waals surface area (Å²) in [7, 11) is -1.18. The van der Waals surface area contributed by atoms with E-state index in [2.05, 4.69) is 20.1 Å². The topological polar surface area (TPSA) is 178 Å². The van der Waals surface area contributed by atoms with Gasteiger partial charge in [0.15, 0.2) is 7.14 Å². The first-order valence-electron chi connectivity index (χ1n) is 17.9. The van der Waals surface area contributed by atoms with Gasteiger partial charge in [0.1, 0.15) is 12.6 Å². The van der Waals surface area contributed by atoms with Gasteiger partial charge >= 0.3 is 18.0 Å². The number of benzene rings is 3. The van der Waals surface area contributed by atoms with E-state index >= 15 is 4.57 Å². The highest BCUT2D eigenvalue weighted by Gasteiger charge is 2.48. The van der Waals surface area contributed by atoms with Crippen LogP contribution in [-0.2, 0) is 39.8 Å². The van der Waals surface area contributed by atoms with Crippen molar-refractivity contribution in [2.45, 2.75) is 57.0 Å². The number of hydrogen-bond donors (Lipinski definition) is 2. The van der Waals surface area contributed by atoms with Crippen LogP contribution in [0.5, 0.6) is 0 Å². The zero-order valence-corrected chi connectivity index (χ0v) is 31.3. The second kappa shape index (κ2) is 18.5. The van der Waals surface area contributed by atoms with Gasteiger partial charge in [-0.3, -0.25) is 28.9 Å². The molecule has 2 atom stereocenters. The van der Waals surface area contributed by atoms with Crippen molar-refractivity contribution in [3.63, 3.8) is 0 Å². The van der Waals surface area contributed by atoms with E-state index in [9.17, 15) is 28.8 Å². The van der Waals surface area contributed by atoms with Crippen molar-refractivity contribution < 1.29 is 47.5 Å². The van der Waals surface area contributed by atoms with Gasteiger partial charge < -0.3 is 34.3 Å². The molecular formula is C39H45N4O10P. The predicted octanol–water partition coefficient (Wildman–Crippen LogP) is 3.34. The molecule has 2 saturated heterocycles. The van der Waals surface area contributed by atoms with Crippen molar-refractivity contribution in [1.82, 2.24) is 20.4 Å². The smallest absolute Gasteiger partial charge is 0.410 e. The average Bonchev–Trinajstić information content (AvgIpc) is 3.91. The third kappa shape index (κ3) is 9.35. The molecule has 2 heterocycles. The fraction of sp³-hybridized carbons (Fsp3) is 0.385. The Morgan fingerprint density at radius 1 is 0.685 bits per heavy atom. The molecule has 2 aliphatic heterocycles. The van der Waals surface area contributed by atoms with Gasteiger partial charge in [0.2, 0.25) is 5.91 Å². The Morgan fingerprint density at radius 3 is 1.70 bits per heavy atom. The number of ether oxygens (including phenoxy) is 3. The first kappa shape index (κ1) is 39.7. The van der Waals surface area contributed by atoms with Crippen molar-refractivity contribution in [2.24, 2.45) is 0 Å². The zero-order chi connectivity index (χ0) is 38.7. The summed E-state index contributed by atoms with van der Waals surface area (Å²) >= 11 is 0. The molecule has 2 aliphatic rings. The number of nitrogens with one attached hydrogen (secondary N) is 2. The SMILES string of the molecule is COC(=O)CCNC(=O)c1ccc(P(=O)(c2ccc(C(=O)NCCC(=O)OC)cc2)C2CCCN2C(=O)[C@@H]2CCCN2C(=O)OCc2ccccc2)cc1. The number of amides is 4. The number of methoxy groups -OCH3 is 2. The summed E-state index contributed by atoms with van der Waals surface area (Å²) in [6.45, 7) is 0.902. The van der Waals surface area contributed by atoms with Crippen molar-refractivity contribution in [3.8, 4) is 0 Å². The Labute approximate surface area is 313 Å². The van der Waals surface area contributed by atoms with Gasteiger partial charge in [-0.05, 0) is 55.5 Å². The molecular weight excluding hydrogens is 715 g/mol. The van der Waals surface area contributed by atoms with Gasteiger partial charge in [-0.15, -0.1) is 0 Å². The molecule has 0 radical (unpaired) electrons. The van der Waals surface area contributed by atoms with Gasteiger partial charge in [0, 0.05) is 47.9 Å². The molecule has 3 aromatic carbocycles. The molecule has 3 aromatic rings. The Balaban J connectivity index is 1.40. The minimum Gasteiger partial charge on any atom is -0.469 e. The Hall–Kier alpha value is -5.49. The Bertz CT molecular complexity index is 1790. The van der Waals surface area contributed by atoms with Crippen LogP contribution in [0.1, 0.15) is 64.8 Å². The van der Waals surface area contributed by atoms with E-state index in [1.807, 2.05) is 30.3 Å². The van der Waals surface area contributed by atoms with E-state index in [1.165, 1.54) is 19.1 Å². The summed E-state index contributed by atoms with van der Waals surface area (Å²) < 4.78 is 30.6. The van der Waals surface area contributed by atoms with Gasteiger partial charge in [-0.1, -0.05) is 54.6 Å². The summed E-state index contributed by atoms with van der Waals surface area (Å²) in [6.07, 6.45) is 1.46. The van der Waals surface area contributed by atoms with Crippen molar-refractivity contribution in [1.29, 1.82) is 0 Å². The number of carbonyl (C=O) groups excluding carboxylic acids is 6. The summed E-state index contributed by atoms with van der Waals surface area (Å²) in [4.78, 5) is 79.3.